The van der Waals surface area contributed by atoms with Crippen molar-refractivity contribution >= 4 is 29.3 Å². The summed E-state index contributed by atoms with van der Waals surface area (Å²) in [6.45, 7) is 5.72. The van der Waals surface area contributed by atoms with E-state index in [9.17, 15) is 20.3 Å². The minimum atomic E-state index is -0.568. The number of phenols is 2. The first-order valence-corrected chi connectivity index (χ1v) is 7.83. The molecule has 25 heavy (non-hydrogen) atoms. The number of hydrogen-bond acceptors (Lipinski definition) is 4. The van der Waals surface area contributed by atoms with Gasteiger partial charge in [-0.05, 0) is 55.7 Å². The summed E-state index contributed by atoms with van der Waals surface area (Å²) in [6, 6.07) is 8.28. The van der Waals surface area contributed by atoms with Crippen LogP contribution in [-0.2, 0) is 4.79 Å². The number of amides is 1. The minimum Gasteiger partial charge on any atom is -0.504 e. The summed E-state index contributed by atoms with van der Waals surface area (Å²) in [6.07, 6.45) is 1.29. The first-order chi connectivity index (χ1) is 11.7. The van der Waals surface area contributed by atoms with E-state index in [4.69, 9.17) is 11.6 Å². The third kappa shape index (κ3) is 4.11. The maximum atomic E-state index is 12.4. The predicted octanol–water partition coefficient (Wildman–Crippen LogP) is 4.22. The normalized spacial score (nSPS) is 11.1. The van der Waals surface area contributed by atoms with Crippen LogP contribution in [0.15, 0.2) is 29.8 Å². The molecular weight excluding hydrogens is 340 g/mol. The van der Waals surface area contributed by atoms with E-state index in [1.807, 2.05) is 39.0 Å². The lowest BCUT2D eigenvalue weighted by Gasteiger charge is -2.12. The van der Waals surface area contributed by atoms with Crippen molar-refractivity contribution in [1.82, 2.24) is 0 Å². The highest BCUT2D eigenvalue weighted by molar-refractivity contribution is 6.32. The number of carbonyl (C=O) groups is 1. The van der Waals surface area contributed by atoms with Gasteiger partial charge >= 0.3 is 0 Å². The molecule has 128 valence electrons. The largest absolute Gasteiger partial charge is 0.504 e. The van der Waals surface area contributed by atoms with Crippen molar-refractivity contribution in [3.63, 3.8) is 0 Å². The number of benzene rings is 2. The number of anilines is 1. The minimum absolute atomic E-state index is 0.0748. The second-order valence-corrected chi connectivity index (χ2v) is 6.18. The summed E-state index contributed by atoms with van der Waals surface area (Å²) in [7, 11) is 0. The van der Waals surface area contributed by atoms with Gasteiger partial charge in [0.1, 0.15) is 11.6 Å². The Hall–Kier alpha value is -2.97. The van der Waals surface area contributed by atoms with Crippen LogP contribution in [0.5, 0.6) is 11.5 Å². The van der Waals surface area contributed by atoms with E-state index in [1.165, 1.54) is 18.2 Å². The van der Waals surface area contributed by atoms with Crippen LogP contribution in [0.25, 0.3) is 6.08 Å². The lowest BCUT2D eigenvalue weighted by Crippen LogP contribution is -2.15. The van der Waals surface area contributed by atoms with Gasteiger partial charge in [-0.2, -0.15) is 5.26 Å². The number of halogens is 1. The molecule has 0 saturated carbocycles. The summed E-state index contributed by atoms with van der Waals surface area (Å²) in [5.41, 5.74) is 3.70. The van der Waals surface area contributed by atoms with E-state index < -0.39 is 17.4 Å². The number of carbonyl (C=O) groups excluding carboxylic acids is 1. The Balaban J connectivity index is 2.36. The Labute approximate surface area is 150 Å². The number of rotatable bonds is 3. The van der Waals surface area contributed by atoms with Gasteiger partial charge in [0.15, 0.2) is 11.5 Å². The fourth-order valence-electron chi connectivity index (χ4n) is 2.56. The molecule has 1 amide bonds. The van der Waals surface area contributed by atoms with E-state index in [2.05, 4.69) is 5.32 Å². The smallest absolute Gasteiger partial charge is 0.266 e. The molecular formula is C19H17ClN2O3. The first-order valence-electron chi connectivity index (χ1n) is 7.45. The second-order valence-electron chi connectivity index (χ2n) is 5.77. The first kappa shape index (κ1) is 18.4. The van der Waals surface area contributed by atoms with Crippen molar-refractivity contribution in [3.05, 3.63) is 57.1 Å². The third-order valence-electron chi connectivity index (χ3n) is 3.66. The number of phenolic OH excluding ortho intramolecular Hbond substituents is 2. The zero-order valence-corrected chi connectivity index (χ0v) is 14.8. The van der Waals surface area contributed by atoms with E-state index in [0.29, 0.717) is 11.3 Å². The molecule has 0 radical (unpaired) electrons. The van der Waals surface area contributed by atoms with Crippen LogP contribution >= 0.6 is 11.6 Å². The quantitative estimate of drug-likeness (QED) is 0.436. The lowest BCUT2D eigenvalue weighted by atomic mass is 10.0. The Bertz CT molecular complexity index is 881. The predicted molar refractivity (Wildman–Crippen MR) is 97.7 cm³/mol. The molecule has 2 aromatic rings. The SMILES string of the molecule is Cc1cc(C)c(NC(=O)/C(C#N)=C/c2cc(O)c(O)c(Cl)c2)c(C)c1. The maximum absolute atomic E-state index is 12.4. The van der Waals surface area contributed by atoms with Gasteiger partial charge in [0.25, 0.3) is 5.91 Å². The van der Waals surface area contributed by atoms with Crippen LogP contribution in [-0.4, -0.2) is 16.1 Å². The van der Waals surface area contributed by atoms with Gasteiger partial charge in [0.2, 0.25) is 0 Å². The summed E-state index contributed by atoms with van der Waals surface area (Å²) in [5.74, 6) is -1.45. The number of aromatic hydroxyl groups is 2. The summed E-state index contributed by atoms with van der Waals surface area (Å²) in [5, 5.41) is 31.0. The molecule has 0 fully saturated rings. The molecule has 6 heteroatoms. The number of nitrogens with one attached hydrogen (secondary N) is 1. The Morgan fingerprint density at radius 2 is 1.76 bits per heavy atom. The van der Waals surface area contributed by atoms with Crippen molar-refractivity contribution in [2.75, 3.05) is 5.32 Å². The zero-order chi connectivity index (χ0) is 18.7. The molecule has 0 aliphatic heterocycles. The van der Waals surface area contributed by atoms with Gasteiger partial charge in [-0.25, -0.2) is 0 Å². The van der Waals surface area contributed by atoms with Crippen LogP contribution < -0.4 is 5.32 Å². The van der Waals surface area contributed by atoms with Gasteiger partial charge in [-0.1, -0.05) is 29.3 Å². The van der Waals surface area contributed by atoms with Gasteiger partial charge in [-0.15, -0.1) is 0 Å². The van der Waals surface area contributed by atoms with Crippen molar-refractivity contribution in [2.45, 2.75) is 20.8 Å². The Kier molecular flexibility index (Phi) is 5.35. The molecule has 5 nitrogen and oxygen atoms in total. The maximum Gasteiger partial charge on any atom is 0.266 e. The fraction of sp³-hybridized carbons (Fsp3) is 0.158. The molecule has 0 bridgehead atoms. The molecule has 0 aliphatic carbocycles. The van der Waals surface area contributed by atoms with Crippen molar-refractivity contribution in [3.8, 4) is 17.6 Å². The zero-order valence-electron chi connectivity index (χ0n) is 14.0. The summed E-state index contributed by atoms with van der Waals surface area (Å²) in [4.78, 5) is 12.4. The van der Waals surface area contributed by atoms with Crippen LogP contribution in [0, 0.1) is 32.1 Å². The fourth-order valence-corrected chi connectivity index (χ4v) is 2.78. The van der Waals surface area contributed by atoms with Crippen molar-refractivity contribution < 1.29 is 15.0 Å². The molecule has 2 rings (SSSR count). The number of nitriles is 1. The average Bonchev–Trinajstić information content (AvgIpc) is 2.53. The molecule has 0 heterocycles. The van der Waals surface area contributed by atoms with Gasteiger partial charge in [0.05, 0.1) is 5.02 Å². The molecule has 0 atom stereocenters. The highest BCUT2D eigenvalue weighted by atomic mass is 35.5. The van der Waals surface area contributed by atoms with Gasteiger partial charge in [0, 0.05) is 5.69 Å². The number of hydrogen-bond donors (Lipinski definition) is 3. The topological polar surface area (TPSA) is 93.4 Å². The van der Waals surface area contributed by atoms with Crippen molar-refractivity contribution in [1.29, 1.82) is 5.26 Å². The van der Waals surface area contributed by atoms with Crippen LogP contribution in [0.3, 0.4) is 0 Å². The standard InChI is InChI=1S/C19H17ClN2O3/c1-10-4-11(2)17(12(3)5-10)22-19(25)14(9-21)6-13-7-15(20)18(24)16(23)8-13/h4-8,23-24H,1-3H3,(H,22,25)/b14-6+. The highest BCUT2D eigenvalue weighted by Crippen LogP contribution is 2.34. The molecule has 2 aromatic carbocycles. The summed E-state index contributed by atoms with van der Waals surface area (Å²) < 4.78 is 0. The van der Waals surface area contributed by atoms with E-state index in [0.717, 1.165) is 16.7 Å². The molecule has 0 saturated heterocycles. The van der Waals surface area contributed by atoms with Crippen LogP contribution in [0.2, 0.25) is 5.02 Å². The molecule has 3 N–H and O–H groups in total. The molecule has 0 spiro atoms. The number of aryl methyl sites for hydroxylation is 3. The van der Waals surface area contributed by atoms with Gasteiger partial charge in [-0.3, -0.25) is 4.79 Å². The van der Waals surface area contributed by atoms with Crippen molar-refractivity contribution in [2.24, 2.45) is 0 Å². The van der Waals surface area contributed by atoms with E-state index in [-0.39, 0.29) is 10.6 Å². The second kappa shape index (κ2) is 7.29. The summed E-state index contributed by atoms with van der Waals surface area (Å²) >= 11 is 5.79. The molecule has 0 aromatic heterocycles. The monoisotopic (exact) mass is 356 g/mol. The van der Waals surface area contributed by atoms with Crippen LogP contribution in [0.4, 0.5) is 5.69 Å². The lowest BCUT2D eigenvalue weighted by molar-refractivity contribution is -0.112. The van der Waals surface area contributed by atoms with Crippen LogP contribution in [0.1, 0.15) is 22.3 Å². The third-order valence-corrected chi connectivity index (χ3v) is 3.95. The van der Waals surface area contributed by atoms with E-state index in [1.54, 1.807) is 0 Å². The number of nitrogens with zero attached hydrogens (tertiary/aromatic N) is 1. The Morgan fingerprint density at radius 1 is 1.16 bits per heavy atom. The molecule has 0 aliphatic rings. The average molecular weight is 357 g/mol. The Morgan fingerprint density at radius 3 is 2.28 bits per heavy atom. The molecule has 0 unspecified atom stereocenters. The highest BCUT2D eigenvalue weighted by Gasteiger charge is 2.14. The van der Waals surface area contributed by atoms with E-state index >= 15 is 0 Å². The van der Waals surface area contributed by atoms with Gasteiger partial charge < -0.3 is 15.5 Å².